The van der Waals surface area contributed by atoms with Crippen LogP contribution in [0.15, 0.2) is 36.7 Å². The largest absolute Gasteiger partial charge is 0.464 e. The van der Waals surface area contributed by atoms with E-state index < -0.39 is 11.9 Å². The molecule has 17 heavy (non-hydrogen) atoms. The lowest BCUT2D eigenvalue weighted by Crippen LogP contribution is -2.07. The second-order valence-corrected chi connectivity index (χ2v) is 3.26. The van der Waals surface area contributed by atoms with Crippen molar-refractivity contribution in [3.63, 3.8) is 0 Å². The summed E-state index contributed by atoms with van der Waals surface area (Å²) in [6, 6.07) is 6.15. The van der Waals surface area contributed by atoms with Gasteiger partial charge in [-0.15, -0.1) is 0 Å². The summed E-state index contributed by atoms with van der Waals surface area (Å²) in [7, 11) is 1.22. The van der Waals surface area contributed by atoms with Gasteiger partial charge in [0, 0.05) is 23.5 Å². The smallest absolute Gasteiger partial charge is 0.357 e. The number of carbonyl (C=O) groups excluding carboxylic acids is 1. The Labute approximate surface area is 97.1 Å². The van der Waals surface area contributed by atoms with Crippen LogP contribution in [0, 0.1) is 5.95 Å². The predicted molar refractivity (Wildman–Crippen MR) is 58.8 cm³/mol. The van der Waals surface area contributed by atoms with Crippen molar-refractivity contribution in [3.05, 3.63) is 48.3 Å². The van der Waals surface area contributed by atoms with Gasteiger partial charge in [0.05, 0.1) is 7.11 Å². The summed E-state index contributed by atoms with van der Waals surface area (Å²) in [4.78, 5) is 19.0. The maximum absolute atomic E-state index is 13.0. The molecule has 0 aliphatic heterocycles. The SMILES string of the molecule is COC(=O)c1nc(F)ccc1-c1cccnc1. The van der Waals surface area contributed by atoms with Crippen LogP contribution in [0.2, 0.25) is 0 Å². The highest BCUT2D eigenvalue weighted by atomic mass is 19.1. The maximum Gasteiger partial charge on any atom is 0.357 e. The predicted octanol–water partition coefficient (Wildman–Crippen LogP) is 2.07. The Morgan fingerprint density at radius 2 is 2.18 bits per heavy atom. The van der Waals surface area contributed by atoms with Gasteiger partial charge in [-0.2, -0.15) is 4.39 Å². The molecule has 2 aromatic rings. The molecule has 0 bridgehead atoms. The maximum atomic E-state index is 13.0. The minimum atomic E-state index is -0.724. The zero-order chi connectivity index (χ0) is 12.3. The topological polar surface area (TPSA) is 52.1 Å². The first-order valence-electron chi connectivity index (χ1n) is 4.87. The van der Waals surface area contributed by atoms with E-state index >= 15 is 0 Å². The minimum Gasteiger partial charge on any atom is -0.464 e. The molecule has 5 heteroatoms. The van der Waals surface area contributed by atoms with E-state index in [1.165, 1.54) is 19.2 Å². The average molecular weight is 232 g/mol. The molecule has 0 aliphatic rings. The van der Waals surface area contributed by atoms with Gasteiger partial charge in [0.15, 0.2) is 5.69 Å². The third-order valence-electron chi connectivity index (χ3n) is 2.21. The van der Waals surface area contributed by atoms with Gasteiger partial charge in [0.25, 0.3) is 0 Å². The van der Waals surface area contributed by atoms with Crippen molar-refractivity contribution in [3.8, 4) is 11.1 Å². The van der Waals surface area contributed by atoms with E-state index in [0.717, 1.165) is 0 Å². The van der Waals surface area contributed by atoms with Crippen LogP contribution >= 0.6 is 0 Å². The van der Waals surface area contributed by atoms with E-state index in [0.29, 0.717) is 11.1 Å². The summed E-state index contributed by atoms with van der Waals surface area (Å²) in [5.74, 6) is -1.40. The summed E-state index contributed by atoms with van der Waals surface area (Å²) in [6.07, 6.45) is 3.18. The molecule has 0 amide bonds. The summed E-state index contributed by atoms with van der Waals surface area (Å²) in [5.41, 5.74) is 1.12. The molecule has 0 saturated heterocycles. The summed E-state index contributed by atoms with van der Waals surface area (Å²) < 4.78 is 17.6. The van der Waals surface area contributed by atoms with Gasteiger partial charge in [-0.05, 0) is 18.2 Å². The molecular weight excluding hydrogens is 223 g/mol. The van der Waals surface area contributed by atoms with Crippen LogP contribution in [0.4, 0.5) is 4.39 Å². The average Bonchev–Trinajstić information content (AvgIpc) is 2.38. The lowest BCUT2D eigenvalue weighted by Gasteiger charge is -2.06. The molecule has 0 N–H and O–H groups in total. The molecule has 2 heterocycles. The Kier molecular flexibility index (Phi) is 3.09. The van der Waals surface area contributed by atoms with E-state index in [-0.39, 0.29) is 5.69 Å². The zero-order valence-corrected chi connectivity index (χ0v) is 9.05. The number of esters is 1. The summed E-state index contributed by atoms with van der Waals surface area (Å²) in [5, 5.41) is 0. The number of pyridine rings is 2. The number of carbonyl (C=O) groups is 1. The van der Waals surface area contributed by atoms with Crippen molar-refractivity contribution in [1.29, 1.82) is 0 Å². The highest BCUT2D eigenvalue weighted by Gasteiger charge is 2.16. The Bertz CT molecular complexity index is 543. The monoisotopic (exact) mass is 232 g/mol. The van der Waals surface area contributed by atoms with Crippen LogP contribution in [-0.2, 0) is 4.74 Å². The van der Waals surface area contributed by atoms with Crippen LogP contribution in [0.3, 0.4) is 0 Å². The highest BCUT2D eigenvalue weighted by molar-refractivity contribution is 5.94. The Morgan fingerprint density at radius 1 is 1.35 bits per heavy atom. The third-order valence-corrected chi connectivity index (χ3v) is 2.21. The molecule has 0 atom stereocenters. The number of methoxy groups -OCH3 is 1. The molecular formula is C12H9FN2O2. The minimum absolute atomic E-state index is 0.0551. The first kappa shape index (κ1) is 11.2. The van der Waals surface area contributed by atoms with Gasteiger partial charge in [0.2, 0.25) is 5.95 Å². The number of rotatable bonds is 2. The quantitative estimate of drug-likeness (QED) is 0.587. The molecule has 2 aromatic heterocycles. The number of aromatic nitrogens is 2. The van der Waals surface area contributed by atoms with Crippen molar-refractivity contribution >= 4 is 5.97 Å². The molecule has 86 valence electrons. The highest BCUT2D eigenvalue weighted by Crippen LogP contribution is 2.22. The van der Waals surface area contributed by atoms with E-state index in [1.54, 1.807) is 24.5 Å². The van der Waals surface area contributed by atoms with Crippen LogP contribution in [0.25, 0.3) is 11.1 Å². The fourth-order valence-corrected chi connectivity index (χ4v) is 1.44. The van der Waals surface area contributed by atoms with Crippen molar-refractivity contribution in [2.24, 2.45) is 0 Å². The number of hydrogen-bond donors (Lipinski definition) is 0. The lowest BCUT2D eigenvalue weighted by molar-refractivity contribution is 0.0593. The standard InChI is InChI=1S/C12H9FN2O2/c1-17-12(16)11-9(4-5-10(13)15-11)8-3-2-6-14-7-8/h2-7H,1H3. The molecule has 0 saturated carbocycles. The Balaban J connectivity index is 2.58. The molecule has 0 fully saturated rings. The third kappa shape index (κ3) is 2.28. The van der Waals surface area contributed by atoms with Crippen molar-refractivity contribution in [2.45, 2.75) is 0 Å². The van der Waals surface area contributed by atoms with E-state index in [1.807, 2.05) is 0 Å². The second-order valence-electron chi connectivity index (χ2n) is 3.26. The Morgan fingerprint density at radius 3 is 2.82 bits per heavy atom. The molecule has 0 spiro atoms. The zero-order valence-electron chi connectivity index (χ0n) is 9.05. The van der Waals surface area contributed by atoms with E-state index in [9.17, 15) is 9.18 Å². The van der Waals surface area contributed by atoms with Crippen LogP contribution in [0.1, 0.15) is 10.5 Å². The summed E-state index contributed by atoms with van der Waals surface area (Å²) >= 11 is 0. The second kappa shape index (κ2) is 4.69. The van der Waals surface area contributed by atoms with Gasteiger partial charge in [-0.1, -0.05) is 6.07 Å². The molecule has 0 aromatic carbocycles. The van der Waals surface area contributed by atoms with E-state index in [2.05, 4.69) is 14.7 Å². The lowest BCUT2D eigenvalue weighted by atomic mass is 10.1. The molecule has 2 rings (SSSR count). The van der Waals surface area contributed by atoms with Crippen molar-refractivity contribution in [2.75, 3.05) is 7.11 Å². The molecule has 0 unspecified atom stereocenters. The van der Waals surface area contributed by atoms with Gasteiger partial charge >= 0.3 is 5.97 Å². The number of halogens is 1. The number of ether oxygens (including phenoxy) is 1. The fraction of sp³-hybridized carbons (Fsp3) is 0.0833. The van der Waals surface area contributed by atoms with Crippen molar-refractivity contribution < 1.29 is 13.9 Å². The first-order chi connectivity index (χ1) is 8.22. The van der Waals surface area contributed by atoms with Crippen molar-refractivity contribution in [1.82, 2.24) is 9.97 Å². The number of hydrogen-bond acceptors (Lipinski definition) is 4. The van der Waals surface area contributed by atoms with Crippen LogP contribution in [0.5, 0.6) is 0 Å². The van der Waals surface area contributed by atoms with Crippen LogP contribution < -0.4 is 0 Å². The molecule has 4 nitrogen and oxygen atoms in total. The number of nitrogens with zero attached hydrogens (tertiary/aromatic N) is 2. The van der Waals surface area contributed by atoms with Gasteiger partial charge in [-0.3, -0.25) is 4.98 Å². The van der Waals surface area contributed by atoms with Gasteiger partial charge in [0.1, 0.15) is 0 Å². The Hall–Kier alpha value is -2.30. The van der Waals surface area contributed by atoms with Gasteiger partial charge in [-0.25, -0.2) is 9.78 Å². The summed E-state index contributed by atoms with van der Waals surface area (Å²) in [6.45, 7) is 0. The fourth-order valence-electron chi connectivity index (χ4n) is 1.44. The van der Waals surface area contributed by atoms with Crippen LogP contribution in [-0.4, -0.2) is 23.0 Å². The molecule has 0 aliphatic carbocycles. The van der Waals surface area contributed by atoms with Gasteiger partial charge < -0.3 is 4.74 Å². The van der Waals surface area contributed by atoms with E-state index in [4.69, 9.17) is 0 Å². The molecule has 0 radical (unpaired) electrons. The normalized spacial score (nSPS) is 10.0. The first-order valence-corrected chi connectivity index (χ1v) is 4.87.